The SMILES string of the molecule is CO[C@@](C(=O)N1CCC2(CC1)CC(=O)NC[C@H]2c1cccc(F)c1)(c1ccccc1)C(F)(F)F. The highest BCUT2D eigenvalue weighted by atomic mass is 19.4. The number of carbonyl (C=O) groups excluding carboxylic acids is 2. The first-order chi connectivity index (χ1) is 16.1. The zero-order valence-corrected chi connectivity index (χ0v) is 18.7. The lowest BCUT2D eigenvalue weighted by Gasteiger charge is -2.50. The van der Waals surface area contributed by atoms with Crippen LogP contribution in [0.25, 0.3) is 0 Å². The molecule has 0 aromatic heterocycles. The maximum atomic E-state index is 14.3. The molecule has 0 unspecified atom stereocenters. The summed E-state index contributed by atoms with van der Waals surface area (Å²) in [6.45, 7) is 0.378. The van der Waals surface area contributed by atoms with Crippen LogP contribution in [-0.2, 0) is 19.9 Å². The standard InChI is InChI=1S/C25H26F4N2O3/c1-34-24(25(27,28)29,18-7-3-2-4-8-18)22(33)31-12-10-23(11-13-31)15-21(32)30-16-20(23)17-6-5-9-19(26)14-17/h2-9,14,20H,10-13,15-16H2,1H3,(H,30,32)/t20-,24+/m0/s1. The zero-order chi connectivity index (χ0) is 24.6. The van der Waals surface area contributed by atoms with Crippen LogP contribution in [0.5, 0.6) is 0 Å². The average molecular weight is 478 g/mol. The molecule has 2 atom stereocenters. The summed E-state index contributed by atoms with van der Waals surface area (Å²) >= 11 is 0. The molecular formula is C25H26F4N2O3. The van der Waals surface area contributed by atoms with Crippen LogP contribution in [0.15, 0.2) is 54.6 Å². The number of halogens is 4. The molecule has 34 heavy (non-hydrogen) atoms. The molecule has 2 amide bonds. The van der Waals surface area contributed by atoms with E-state index in [9.17, 15) is 27.2 Å². The minimum absolute atomic E-state index is 0.0337. The molecule has 0 bridgehead atoms. The molecule has 2 aliphatic rings. The van der Waals surface area contributed by atoms with E-state index in [1.165, 1.54) is 41.3 Å². The molecule has 2 aliphatic heterocycles. The van der Waals surface area contributed by atoms with Crippen molar-refractivity contribution in [3.05, 3.63) is 71.5 Å². The van der Waals surface area contributed by atoms with Gasteiger partial charge in [0.05, 0.1) is 0 Å². The molecule has 1 N–H and O–H groups in total. The van der Waals surface area contributed by atoms with Crippen LogP contribution >= 0.6 is 0 Å². The lowest BCUT2D eigenvalue weighted by Crippen LogP contribution is -2.60. The largest absolute Gasteiger partial charge is 0.430 e. The van der Waals surface area contributed by atoms with Crippen molar-refractivity contribution in [1.82, 2.24) is 10.2 Å². The van der Waals surface area contributed by atoms with Gasteiger partial charge in [0.25, 0.3) is 11.5 Å². The number of nitrogens with one attached hydrogen (secondary N) is 1. The van der Waals surface area contributed by atoms with Gasteiger partial charge in [0.15, 0.2) is 0 Å². The topological polar surface area (TPSA) is 58.6 Å². The predicted molar refractivity (Wildman–Crippen MR) is 116 cm³/mol. The Hall–Kier alpha value is -2.94. The number of alkyl halides is 3. The van der Waals surface area contributed by atoms with E-state index in [4.69, 9.17) is 4.74 Å². The molecule has 2 aromatic carbocycles. The number of amides is 2. The Bertz CT molecular complexity index is 1050. The van der Waals surface area contributed by atoms with Gasteiger partial charge in [0.2, 0.25) is 5.91 Å². The molecule has 4 rings (SSSR count). The highest BCUT2D eigenvalue weighted by Gasteiger charge is 2.64. The number of rotatable bonds is 4. The fourth-order valence-electron chi connectivity index (χ4n) is 5.44. The van der Waals surface area contributed by atoms with Gasteiger partial charge < -0.3 is 15.0 Å². The molecule has 1 spiro atoms. The predicted octanol–water partition coefficient (Wildman–Crippen LogP) is 4.14. The number of hydrogen-bond donors (Lipinski definition) is 1. The highest BCUT2D eigenvalue weighted by Crippen LogP contribution is 2.50. The summed E-state index contributed by atoms with van der Waals surface area (Å²) in [5, 5.41) is 2.82. The second kappa shape index (κ2) is 9.02. The Balaban J connectivity index is 1.62. The van der Waals surface area contributed by atoms with Crippen molar-refractivity contribution in [3.63, 3.8) is 0 Å². The Labute approximate surface area is 195 Å². The average Bonchev–Trinajstić information content (AvgIpc) is 2.80. The number of nitrogens with zero attached hydrogens (tertiary/aromatic N) is 1. The van der Waals surface area contributed by atoms with Gasteiger partial charge in [0, 0.05) is 44.6 Å². The van der Waals surface area contributed by atoms with Gasteiger partial charge >= 0.3 is 6.18 Å². The van der Waals surface area contributed by atoms with Gasteiger partial charge in [-0.3, -0.25) is 9.59 Å². The lowest BCUT2D eigenvalue weighted by molar-refractivity contribution is -0.271. The highest BCUT2D eigenvalue weighted by molar-refractivity contribution is 5.88. The van der Waals surface area contributed by atoms with Crippen molar-refractivity contribution < 1.29 is 31.9 Å². The third-order valence-electron chi connectivity index (χ3n) is 7.24. The summed E-state index contributed by atoms with van der Waals surface area (Å²) in [6.07, 6.45) is -4.17. The normalized spacial score (nSPS) is 22.2. The number of carbonyl (C=O) groups is 2. The number of hydrogen-bond acceptors (Lipinski definition) is 3. The van der Waals surface area contributed by atoms with E-state index in [1.807, 2.05) is 0 Å². The van der Waals surface area contributed by atoms with Crippen LogP contribution in [-0.4, -0.2) is 49.6 Å². The van der Waals surface area contributed by atoms with E-state index >= 15 is 0 Å². The summed E-state index contributed by atoms with van der Waals surface area (Å²) in [5.74, 6) is -1.93. The summed E-state index contributed by atoms with van der Waals surface area (Å²) in [5.41, 5.74) is -3.26. The smallest absolute Gasteiger partial charge is 0.356 e. The fraction of sp³-hybridized carbons (Fsp3) is 0.440. The van der Waals surface area contributed by atoms with Crippen LogP contribution in [0.3, 0.4) is 0 Å². The Morgan fingerprint density at radius 1 is 1.09 bits per heavy atom. The van der Waals surface area contributed by atoms with Crippen LogP contribution in [0.2, 0.25) is 0 Å². The third kappa shape index (κ3) is 4.06. The van der Waals surface area contributed by atoms with Crippen LogP contribution in [0.1, 0.15) is 36.3 Å². The minimum Gasteiger partial charge on any atom is -0.356 e. The molecule has 2 heterocycles. The second-order valence-electron chi connectivity index (χ2n) is 8.99. The molecule has 2 saturated heterocycles. The Morgan fingerprint density at radius 2 is 1.76 bits per heavy atom. The van der Waals surface area contributed by atoms with E-state index in [0.29, 0.717) is 19.4 Å². The number of ether oxygens (including phenoxy) is 1. The van der Waals surface area contributed by atoms with Gasteiger partial charge in [0.1, 0.15) is 5.82 Å². The molecule has 0 radical (unpaired) electrons. The molecule has 2 fully saturated rings. The monoisotopic (exact) mass is 478 g/mol. The van der Waals surface area contributed by atoms with E-state index in [2.05, 4.69) is 5.32 Å². The summed E-state index contributed by atoms with van der Waals surface area (Å²) in [4.78, 5) is 26.8. The van der Waals surface area contributed by atoms with Crippen LogP contribution < -0.4 is 5.32 Å². The van der Waals surface area contributed by atoms with Gasteiger partial charge in [-0.1, -0.05) is 42.5 Å². The third-order valence-corrected chi connectivity index (χ3v) is 7.24. The van der Waals surface area contributed by atoms with Crippen molar-refractivity contribution >= 4 is 11.8 Å². The number of likely N-dealkylation sites (tertiary alicyclic amines) is 1. The fourth-order valence-corrected chi connectivity index (χ4v) is 5.44. The quantitative estimate of drug-likeness (QED) is 0.672. The van der Waals surface area contributed by atoms with Gasteiger partial charge in [-0.05, 0) is 36.0 Å². The second-order valence-corrected chi connectivity index (χ2v) is 8.99. The molecule has 9 heteroatoms. The van der Waals surface area contributed by atoms with Crippen molar-refractivity contribution in [2.24, 2.45) is 5.41 Å². The molecular weight excluding hydrogens is 452 g/mol. The molecule has 182 valence electrons. The minimum atomic E-state index is -4.98. The van der Waals surface area contributed by atoms with Gasteiger partial charge in [-0.15, -0.1) is 0 Å². The van der Waals surface area contributed by atoms with E-state index < -0.39 is 28.9 Å². The van der Waals surface area contributed by atoms with Crippen LogP contribution in [0, 0.1) is 11.2 Å². The van der Waals surface area contributed by atoms with Crippen molar-refractivity contribution in [3.8, 4) is 0 Å². The number of methoxy groups -OCH3 is 1. The van der Waals surface area contributed by atoms with Crippen molar-refractivity contribution in [2.45, 2.75) is 37.0 Å². The first kappa shape index (κ1) is 24.2. The van der Waals surface area contributed by atoms with E-state index in [-0.39, 0.29) is 36.9 Å². The first-order valence-electron chi connectivity index (χ1n) is 11.1. The maximum absolute atomic E-state index is 14.3. The molecule has 2 aromatic rings. The molecule has 0 saturated carbocycles. The van der Waals surface area contributed by atoms with Gasteiger partial charge in [-0.25, -0.2) is 4.39 Å². The maximum Gasteiger partial charge on any atom is 0.430 e. The van der Waals surface area contributed by atoms with Crippen LogP contribution in [0.4, 0.5) is 17.6 Å². The van der Waals surface area contributed by atoms with Crippen molar-refractivity contribution in [2.75, 3.05) is 26.7 Å². The van der Waals surface area contributed by atoms with Crippen molar-refractivity contribution in [1.29, 1.82) is 0 Å². The van der Waals surface area contributed by atoms with E-state index in [1.54, 1.807) is 18.2 Å². The Morgan fingerprint density at radius 3 is 2.35 bits per heavy atom. The first-order valence-corrected chi connectivity index (χ1v) is 11.1. The molecule has 5 nitrogen and oxygen atoms in total. The zero-order valence-electron chi connectivity index (χ0n) is 18.7. The lowest BCUT2D eigenvalue weighted by atomic mass is 9.62. The summed E-state index contributed by atoms with van der Waals surface area (Å²) in [6, 6.07) is 13.0. The summed E-state index contributed by atoms with van der Waals surface area (Å²) < 4.78 is 61.8. The summed E-state index contributed by atoms with van der Waals surface area (Å²) in [7, 11) is 0.884. The van der Waals surface area contributed by atoms with E-state index in [0.717, 1.165) is 12.7 Å². The molecule has 0 aliphatic carbocycles. The Kier molecular flexibility index (Phi) is 6.42. The van der Waals surface area contributed by atoms with Gasteiger partial charge in [-0.2, -0.15) is 13.2 Å². The number of benzene rings is 2. The number of piperidine rings is 2.